The van der Waals surface area contributed by atoms with E-state index in [0.29, 0.717) is 11.4 Å². The number of anilines is 2. The second-order valence-electron chi connectivity index (χ2n) is 5.98. The van der Waals surface area contributed by atoms with E-state index in [2.05, 4.69) is 10.6 Å². The van der Waals surface area contributed by atoms with Crippen molar-refractivity contribution in [3.8, 4) is 0 Å². The van der Waals surface area contributed by atoms with Crippen molar-refractivity contribution in [1.82, 2.24) is 5.32 Å². The fraction of sp³-hybridized carbons (Fsp3) is 0.533. The van der Waals surface area contributed by atoms with Gasteiger partial charge in [-0.2, -0.15) is 0 Å². The predicted molar refractivity (Wildman–Crippen MR) is 81.2 cm³/mol. The number of hydrogen-bond donors (Lipinski definition) is 3. The normalized spacial score (nSPS) is 15.1. The molecule has 0 aromatic heterocycles. The van der Waals surface area contributed by atoms with Crippen LogP contribution in [0.1, 0.15) is 26.7 Å². The molecule has 1 aliphatic rings. The Hall–Kier alpha value is -1.82. The molecule has 0 atom stereocenters. The Morgan fingerprint density at radius 1 is 1.38 bits per heavy atom. The van der Waals surface area contributed by atoms with Crippen LogP contribution in [-0.2, 0) is 0 Å². The molecule has 1 heterocycles. The standard InChI is InChI=1S/C15H22FN3O2/c1-15(2,10-20)18-14(21)17-11-5-6-13(12(16)9-11)19-7-3-4-8-19/h5-6,9,20H,3-4,7-8,10H2,1-2H3,(H2,17,18,21). The molecule has 1 aromatic carbocycles. The number of aliphatic hydroxyl groups excluding tert-OH is 1. The quantitative estimate of drug-likeness (QED) is 0.798. The Kier molecular flexibility index (Phi) is 4.67. The van der Waals surface area contributed by atoms with Crippen LogP contribution in [0, 0.1) is 5.82 Å². The van der Waals surface area contributed by atoms with E-state index in [-0.39, 0.29) is 12.4 Å². The third kappa shape index (κ3) is 4.07. The van der Waals surface area contributed by atoms with E-state index >= 15 is 0 Å². The van der Waals surface area contributed by atoms with E-state index in [9.17, 15) is 9.18 Å². The van der Waals surface area contributed by atoms with Crippen molar-refractivity contribution in [3.05, 3.63) is 24.0 Å². The molecule has 0 radical (unpaired) electrons. The smallest absolute Gasteiger partial charge is 0.319 e. The number of hydrogen-bond acceptors (Lipinski definition) is 3. The number of nitrogens with zero attached hydrogens (tertiary/aromatic N) is 1. The number of nitrogens with one attached hydrogen (secondary N) is 2. The van der Waals surface area contributed by atoms with Gasteiger partial charge in [-0.25, -0.2) is 9.18 Å². The Morgan fingerprint density at radius 2 is 2.05 bits per heavy atom. The molecule has 21 heavy (non-hydrogen) atoms. The van der Waals surface area contributed by atoms with Gasteiger partial charge in [-0.1, -0.05) is 0 Å². The van der Waals surface area contributed by atoms with Crippen LogP contribution in [0.3, 0.4) is 0 Å². The predicted octanol–water partition coefficient (Wildman–Crippen LogP) is 2.32. The highest BCUT2D eigenvalue weighted by Gasteiger charge is 2.20. The molecular formula is C15H22FN3O2. The zero-order chi connectivity index (χ0) is 15.5. The minimum absolute atomic E-state index is 0.178. The summed E-state index contributed by atoms with van der Waals surface area (Å²) in [5, 5.41) is 14.3. The van der Waals surface area contributed by atoms with Gasteiger partial charge >= 0.3 is 6.03 Å². The molecule has 0 saturated carbocycles. The number of rotatable bonds is 4. The van der Waals surface area contributed by atoms with E-state index in [4.69, 9.17) is 5.11 Å². The maximum Gasteiger partial charge on any atom is 0.319 e. The first kappa shape index (κ1) is 15.6. The van der Waals surface area contributed by atoms with Gasteiger partial charge in [0.15, 0.2) is 0 Å². The van der Waals surface area contributed by atoms with E-state index < -0.39 is 11.6 Å². The van der Waals surface area contributed by atoms with Crippen molar-refractivity contribution >= 4 is 17.4 Å². The molecular weight excluding hydrogens is 273 g/mol. The van der Waals surface area contributed by atoms with E-state index in [1.165, 1.54) is 6.07 Å². The first-order valence-corrected chi connectivity index (χ1v) is 7.16. The highest BCUT2D eigenvalue weighted by atomic mass is 19.1. The number of benzene rings is 1. The molecule has 1 aliphatic heterocycles. The molecule has 5 nitrogen and oxygen atoms in total. The minimum atomic E-state index is -0.724. The van der Waals surface area contributed by atoms with Crippen molar-refractivity contribution in [1.29, 1.82) is 0 Å². The number of aliphatic hydroxyl groups is 1. The zero-order valence-electron chi connectivity index (χ0n) is 12.4. The van der Waals surface area contributed by atoms with Crippen LogP contribution in [0.15, 0.2) is 18.2 Å². The summed E-state index contributed by atoms with van der Waals surface area (Å²) in [7, 11) is 0. The van der Waals surface area contributed by atoms with Crippen molar-refractivity contribution in [2.45, 2.75) is 32.2 Å². The Balaban J connectivity index is 2.01. The van der Waals surface area contributed by atoms with E-state index in [0.717, 1.165) is 25.9 Å². The topological polar surface area (TPSA) is 64.6 Å². The average Bonchev–Trinajstić information content (AvgIpc) is 2.92. The largest absolute Gasteiger partial charge is 0.394 e. The van der Waals surface area contributed by atoms with Gasteiger partial charge in [0.25, 0.3) is 0 Å². The van der Waals surface area contributed by atoms with Crippen molar-refractivity contribution in [2.75, 3.05) is 29.9 Å². The van der Waals surface area contributed by atoms with Crippen LogP contribution in [-0.4, -0.2) is 36.4 Å². The summed E-state index contributed by atoms with van der Waals surface area (Å²) >= 11 is 0. The number of amides is 2. The minimum Gasteiger partial charge on any atom is -0.394 e. The summed E-state index contributed by atoms with van der Waals surface area (Å²) in [6.07, 6.45) is 2.16. The van der Waals surface area contributed by atoms with Gasteiger partial charge in [-0.15, -0.1) is 0 Å². The molecule has 0 spiro atoms. The van der Waals surface area contributed by atoms with Crippen molar-refractivity contribution < 1.29 is 14.3 Å². The molecule has 1 saturated heterocycles. The molecule has 2 amide bonds. The summed E-state index contributed by atoms with van der Waals surface area (Å²) < 4.78 is 14.1. The molecule has 0 unspecified atom stereocenters. The lowest BCUT2D eigenvalue weighted by atomic mass is 10.1. The van der Waals surface area contributed by atoms with Gasteiger partial charge in [0.1, 0.15) is 5.82 Å². The number of carbonyl (C=O) groups is 1. The summed E-state index contributed by atoms with van der Waals surface area (Å²) in [6.45, 7) is 4.96. The van der Waals surface area contributed by atoms with E-state index in [1.807, 2.05) is 4.90 Å². The Bertz CT molecular complexity index is 514. The Morgan fingerprint density at radius 3 is 2.62 bits per heavy atom. The third-order valence-corrected chi connectivity index (χ3v) is 3.50. The monoisotopic (exact) mass is 295 g/mol. The Labute approximate surface area is 124 Å². The van der Waals surface area contributed by atoms with Gasteiger partial charge < -0.3 is 20.6 Å². The van der Waals surface area contributed by atoms with Gasteiger partial charge in [0.2, 0.25) is 0 Å². The molecule has 6 heteroatoms. The lowest BCUT2D eigenvalue weighted by molar-refractivity contribution is 0.187. The lowest BCUT2D eigenvalue weighted by Gasteiger charge is -2.24. The number of urea groups is 1. The second-order valence-corrected chi connectivity index (χ2v) is 5.98. The van der Waals surface area contributed by atoms with Crippen LogP contribution in [0.2, 0.25) is 0 Å². The molecule has 2 rings (SSSR count). The van der Waals surface area contributed by atoms with Crippen LogP contribution in [0.25, 0.3) is 0 Å². The molecule has 116 valence electrons. The first-order chi connectivity index (χ1) is 9.91. The van der Waals surface area contributed by atoms with Crippen LogP contribution in [0.5, 0.6) is 0 Å². The van der Waals surface area contributed by atoms with E-state index in [1.54, 1.807) is 26.0 Å². The fourth-order valence-electron chi connectivity index (χ4n) is 2.31. The second kappa shape index (κ2) is 6.30. The van der Waals surface area contributed by atoms with Gasteiger partial charge in [0.05, 0.1) is 17.8 Å². The molecule has 1 aromatic rings. The average molecular weight is 295 g/mol. The van der Waals surface area contributed by atoms with Gasteiger partial charge in [-0.3, -0.25) is 0 Å². The molecule has 1 fully saturated rings. The third-order valence-electron chi connectivity index (χ3n) is 3.50. The number of carbonyl (C=O) groups excluding carboxylic acids is 1. The summed E-state index contributed by atoms with van der Waals surface area (Å²) in [6, 6.07) is 4.22. The first-order valence-electron chi connectivity index (χ1n) is 7.16. The fourth-order valence-corrected chi connectivity index (χ4v) is 2.31. The maximum atomic E-state index is 14.1. The van der Waals surface area contributed by atoms with Gasteiger partial charge in [0, 0.05) is 18.8 Å². The molecule has 0 bridgehead atoms. The summed E-state index contributed by atoms with van der Waals surface area (Å²) in [5.74, 6) is -0.337. The van der Waals surface area contributed by atoms with Crippen LogP contribution >= 0.6 is 0 Å². The number of halogens is 1. The molecule has 3 N–H and O–H groups in total. The maximum absolute atomic E-state index is 14.1. The summed E-state index contributed by atoms with van der Waals surface area (Å²) in [5.41, 5.74) is 0.244. The lowest BCUT2D eigenvalue weighted by Crippen LogP contribution is -2.48. The highest BCUT2D eigenvalue weighted by Crippen LogP contribution is 2.26. The van der Waals surface area contributed by atoms with Crippen LogP contribution in [0.4, 0.5) is 20.6 Å². The SMILES string of the molecule is CC(C)(CO)NC(=O)Nc1ccc(N2CCCC2)c(F)c1. The molecule has 0 aliphatic carbocycles. The van der Waals surface area contributed by atoms with Crippen molar-refractivity contribution in [2.24, 2.45) is 0 Å². The van der Waals surface area contributed by atoms with Crippen molar-refractivity contribution in [3.63, 3.8) is 0 Å². The summed E-state index contributed by atoms with van der Waals surface area (Å²) in [4.78, 5) is 13.8. The van der Waals surface area contributed by atoms with Crippen LogP contribution < -0.4 is 15.5 Å². The zero-order valence-corrected chi connectivity index (χ0v) is 12.4. The van der Waals surface area contributed by atoms with Gasteiger partial charge in [-0.05, 0) is 44.9 Å². The highest BCUT2D eigenvalue weighted by molar-refractivity contribution is 5.90.